The van der Waals surface area contributed by atoms with Crippen LogP contribution in [0.4, 0.5) is 5.69 Å². The second-order valence-electron chi connectivity index (χ2n) is 3.16. The quantitative estimate of drug-likeness (QED) is 0.942. The summed E-state index contributed by atoms with van der Waals surface area (Å²) in [6, 6.07) is 7.34. The van der Waals surface area contributed by atoms with Crippen molar-refractivity contribution >= 4 is 21.6 Å². The minimum atomic E-state index is 0.276. The molecule has 2 N–H and O–H groups in total. The lowest BCUT2D eigenvalue weighted by atomic mass is 10.3. The van der Waals surface area contributed by atoms with Crippen molar-refractivity contribution in [2.75, 3.05) is 12.8 Å². The van der Waals surface area contributed by atoms with Crippen LogP contribution in [0.15, 0.2) is 35.1 Å². The van der Waals surface area contributed by atoms with Crippen LogP contribution in [-0.2, 0) is 0 Å². The molecule has 88 valence electrons. The van der Waals surface area contributed by atoms with Crippen LogP contribution >= 0.6 is 15.9 Å². The van der Waals surface area contributed by atoms with E-state index in [2.05, 4.69) is 25.9 Å². The molecule has 0 aliphatic rings. The third-order valence-electron chi connectivity index (χ3n) is 2.03. The molecule has 1 aromatic carbocycles. The minimum Gasteiger partial charge on any atom is -0.479 e. The Kier molecular flexibility index (Phi) is 3.43. The number of methoxy groups -OCH3 is 1. The van der Waals surface area contributed by atoms with Gasteiger partial charge in [-0.2, -0.15) is 9.97 Å². The largest absolute Gasteiger partial charge is 0.479 e. The Bertz CT molecular complexity index is 517. The van der Waals surface area contributed by atoms with Gasteiger partial charge in [-0.05, 0) is 24.3 Å². The van der Waals surface area contributed by atoms with Gasteiger partial charge in [0.2, 0.25) is 11.8 Å². The van der Waals surface area contributed by atoms with E-state index in [1.54, 1.807) is 12.1 Å². The standard InChI is InChI=1S/C11H10BrN3O2/c1-16-10-9(13)11(15-6-14-10)17-8-4-2-7(12)3-5-8/h2-6H,13H2,1H3. The summed E-state index contributed by atoms with van der Waals surface area (Å²) in [7, 11) is 1.49. The Morgan fingerprint density at radius 3 is 2.41 bits per heavy atom. The molecule has 0 aliphatic carbocycles. The Labute approximate surface area is 107 Å². The van der Waals surface area contributed by atoms with Crippen molar-refractivity contribution in [1.82, 2.24) is 9.97 Å². The third-order valence-corrected chi connectivity index (χ3v) is 2.56. The van der Waals surface area contributed by atoms with Crippen LogP contribution in [0.25, 0.3) is 0 Å². The highest BCUT2D eigenvalue weighted by atomic mass is 79.9. The van der Waals surface area contributed by atoms with Crippen LogP contribution < -0.4 is 15.2 Å². The maximum Gasteiger partial charge on any atom is 0.249 e. The molecule has 1 aromatic heterocycles. The molecule has 17 heavy (non-hydrogen) atoms. The van der Waals surface area contributed by atoms with Crippen LogP contribution in [0, 0.1) is 0 Å². The number of aromatic nitrogens is 2. The van der Waals surface area contributed by atoms with Gasteiger partial charge in [0.15, 0.2) is 5.69 Å². The topological polar surface area (TPSA) is 70.3 Å². The van der Waals surface area contributed by atoms with Crippen molar-refractivity contribution in [3.8, 4) is 17.5 Å². The molecule has 2 aromatic rings. The highest BCUT2D eigenvalue weighted by Gasteiger charge is 2.10. The van der Waals surface area contributed by atoms with Crippen molar-refractivity contribution in [3.63, 3.8) is 0 Å². The third kappa shape index (κ3) is 2.65. The number of rotatable bonds is 3. The average Bonchev–Trinajstić information content (AvgIpc) is 2.35. The van der Waals surface area contributed by atoms with Gasteiger partial charge in [-0.1, -0.05) is 15.9 Å². The molecule has 0 saturated heterocycles. The van der Waals surface area contributed by atoms with Gasteiger partial charge >= 0.3 is 0 Å². The van der Waals surface area contributed by atoms with Crippen molar-refractivity contribution in [2.24, 2.45) is 0 Å². The normalized spacial score (nSPS) is 10.0. The zero-order valence-corrected chi connectivity index (χ0v) is 10.6. The Balaban J connectivity index is 2.27. The summed E-state index contributed by atoms with van der Waals surface area (Å²) in [5.41, 5.74) is 6.06. The van der Waals surface area contributed by atoms with Crippen molar-refractivity contribution in [2.45, 2.75) is 0 Å². The van der Waals surface area contributed by atoms with E-state index in [1.165, 1.54) is 13.4 Å². The van der Waals surface area contributed by atoms with Gasteiger partial charge in [0, 0.05) is 4.47 Å². The SMILES string of the molecule is COc1ncnc(Oc2ccc(Br)cc2)c1N. The molecule has 0 aliphatic heterocycles. The first-order valence-electron chi connectivity index (χ1n) is 4.78. The molecule has 0 fully saturated rings. The van der Waals surface area contributed by atoms with Crippen LogP contribution in [0.3, 0.4) is 0 Å². The summed E-state index contributed by atoms with van der Waals surface area (Å²) >= 11 is 3.34. The maximum absolute atomic E-state index is 5.79. The lowest BCUT2D eigenvalue weighted by molar-refractivity contribution is 0.391. The zero-order chi connectivity index (χ0) is 12.3. The fourth-order valence-corrected chi connectivity index (χ4v) is 1.49. The van der Waals surface area contributed by atoms with Gasteiger partial charge in [0.25, 0.3) is 0 Å². The molecule has 1 heterocycles. The van der Waals surface area contributed by atoms with Gasteiger partial charge in [-0.25, -0.2) is 0 Å². The van der Waals surface area contributed by atoms with Gasteiger partial charge in [-0.3, -0.25) is 0 Å². The summed E-state index contributed by atoms with van der Waals surface area (Å²) in [6.07, 6.45) is 1.34. The van der Waals surface area contributed by atoms with E-state index in [-0.39, 0.29) is 11.6 Å². The van der Waals surface area contributed by atoms with Gasteiger partial charge < -0.3 is 15.2 Å². The fraction of sp³-hybridized carbons (Fsp3) is 0.0909. The predicted octanol–water partition coefficient (Wildman–Crippen LogP) is 2.62. The first kappa shape index (κ1) is 11.7. The Morgan fingerprint density at radius 1 is 1.12 bits per heavy atom. The number of ether oxygens (including phenoxy) is 2. The summed E-state index contributed by atoms with van der Waals surface area (Å²) < 4.78 is 11.5. The molecular formula is C11H10BrN3O2. The van der Waals surface area contributed by atoms with Crippen molar-refractivity contribution in [1.29, 1.82) is 0 Å². The average molecular weight is 296 g/mol. The summed E-state index contributed by atoms with van der Waals surface area (Å²) in [5, 5.41) is 0. The number of benzene rings is 1. The highest BCUT2D eigenvalue weighted by molar-refractivity contribution is 9.10. The molecule has 0 unspecified atom stereocenters. The highest BCUT2D eigenvalue weighted by Crippen LogP contribution is 2.30. The van der Waals surface area contributed by atoms with E-state index >= 15 is 0 Å². The zero-order valence-electron chi connectivity index (χ0n) is 9.05. The molecule has 0 amide bonds. The van der Waals surface area contributed by atoms with Crippen molar-refractivity contribution < 1.29 is 9.47 Å². The van der Waals surface area contributed by atoms with E-state index in [4.69, 9.17) is 15.2 Å². The number of hydrogen-bond acceptors (Lipinski definition) is 5. The Hall–Kier alpha value is -1.82. The number of nitrogen functional groups attached to an aromatic ring is 1. The lowest BCUT2D eigenvalue weighted by Gasteiger charge is -2.08. The lowest BCUT2D eigenvalue weighted by Crippen LogP contribution is -2.00. The molecule has 0 bridgehead atoms. The second-order valence-corrected chi connectivity index (χ2v) is 4.07. The number of anilines is 1. The fourth-order valence-electron chi connectivity index (χ4n) is 1.22. The molecule has 0 saturated carbocycles. The molecule has 5 nitrogen and oxygen atoms in total. The van der Waals surface area contributed by atoms with Crippen LogP contribution in [-0.4, -0.2) is 17.1 Å². The minimum absolute atomic E-state index is 0.276. The molecule has 0 atom stereocenters. The van der Waals surface area contributed by atoms with Crippen LogP contribution in [0.5, 0.6) is 17.5 Å². The predicted molar refractivity (Wildman–Crippen MR) is 67.2 cm³/mol. The van der Waals surface area contributed by atoms with E-state index in [1.807, 2.05) is 12.1 Å². The van der Waals surface area contributed by atoms with E-state index in [9.17, 15) is 0 Å². The first-order chi connectivity index (χ1) is 8.20. The molecule has 6 heteroatoms. The Morgan fingerprint density at radius 2 is 1.76 bits per heavy atom. The second kappa shape index (κ2) is 5.01. The molecule has 0 radical (unpaired) electrons. The number of nitrogens with two attached hydrogens (primary N) is 1. The van der Waals surface area contributed by atoms with Crippen LogP contribution in [0.2, 0.25) is 0 Å². The smallest absolute Gasteiger partial charge is 0.249 e. The maximum atomic E-state index is 5.79. The number of halogens is 1. The van der Waals surface area contributed by atoms with Crippen molar-refractivity contribution in [3.05, 3.63) is 35.1 Å². The summed E-state index contributed by atoms with van der Waals surface area (Å²) in [4.78, 5) is 7.82. The summed E-state index contributed by atoms with van der Waals surface area (Å²) in [6.45, 7) is 0. The van der Waals surface area contributed by atoms with Gasteiger partial charge in [0.1, 0.15) is 12.1 Å². The van der Waals surface area contributed by atoms with Crippen LogP contribution in [0.1, 0.15) is 0 Å². The monoisotopic (exact) mass is 295 g/mol. The number of hydrogen-bond donors (Lipinski definition) is 1. The molecular weight excluding hydrogens is 286 g/mol. The first-order valence-corrected chi connectivity index (χ1v) is 5.58. The van der Waals surface area contributed by atoms with E-state index < -0.39 is 0 Å². The van der Waals surface area contributed by atoms with E-state index in [0.717, 1.165) is 4.47 Å². The summed E-state index contributed by atoms with van der Waals surface area (Å²) in [5.74, 6) is 1.21. The number of nitrogens with zero attached hydrogens (tertiary/aromatic N) is 2. The van der Waals surface area contributed by atoms with E-state index in [0.29, 0.717) is 11.6 Å². The molecule has 2 rings (SSSR count). The molecule has 0 spiro atoms. The van der Waals surface area contributed by atoms with Gasteiger partial charge in [0.05, 0.1) is 7.11 Å². The van der Waals surface area contributed by atoms with Gasteiger partial charge in [-0.15, -0.1) is 0 Å².